The summed E-state index contributed by atoms with van der Waals surface area (Å²) in [5.74, 6) is 1.15. The van der Waals surface area contributed by atoms with Gasteiger partial charge in [0.15, 0.2) is 11.5 Å². The van der Waals surface area contributed by atoms with Crippen molar-refractivity contribution in [1.82, 2.24) is 4.90 Å². The second-order valence-electron chi connectivity index (χ2n) is 5.76. The Balaban J connectivity index is 1.80. The predicted octanol–water partition coefficient (Wildman–Crippen LogP) is 4.66. The largest absolute Gasteiger partial charge is 0.493 e. The predicted molar refractivity (Wildman–Crippen MR) is 114 cm³/mol. The van der Waals surface area contributed by atoms with Crippen LogP contribution < -0.4 is 9.47 Å². The molecule has 0 spiro atoms. The molecule has 1 aliphatic rings. The van der Waals surface area contributed by atoms with Crippen LogP contribution in [0, 0.1) is 0 Å². The molecule has 2 aromatic carbocycles. The van der Waals surface area contributed by atoms with E-state index in [1.54, 1.807) is 18.1 Å². The first-order chi connectivity index (χ1) is 13.1. The molecule has 2 aromatic rings. The number of carbonyl (C=O) groups excluding carboxylic acids is 1. The number of thiocarbonyl (C=S) groups is 1. The summed E-state index contributed by atoms with van der Waals surface area (Å²) in [6.07, 6.45) is 3.50. The van der Waals surface area contributed by atoms with Crippen molar-refractivity contribution < 1.29 is 14.3 Å². The normalized spacial score (nSPS) is 15.3. The molecule has 0 atom stereocenters. The van der Waals surface area contributed by atoms with Gasteiger partial charge in [0.1, 0.15) is 10.9 Å². The van der Waals surface area contributed by atoms with Crippen molar-refractivity contribution in [2.45, 2.75) is 6.54 Å². The van der Waals surface area contributed by atoms with Gasteiger partial charge in [0.25, 0.3) is 5.91 Å². The summed E-state index contributed by atoms with van der Waals surface area (Å²) in [5, 5.41) is 0. The van der Waals surface area contributed by atoms with Crippen molar-refractivity contribution in [3.63, 3.8) is 0 Å². The van der Waals surface area contributed by atoms with E-state index >= 15 is 0 Å². The lowest BCUT2D eigenvalue weighted by atomic mass is 10.1. The number of nitrogens with zero attached hydrogens (tertiary/aromatic N) is 1. The molecule has 1 fully saturated rings. The highest BCUT2D eigenvalue weighted by atomic mass is 32.2. The smallest absolute Gasteiger partial charge is 0.266 e. The van der Waals surface area contributed by atoms with Gasteiger partial charge < -0.3 is 9.47 Å². The summed E-state index contributed by atoms with van der Waals surface area (Å²) in [7, 11) is 1.58. The van der Waals surface area contributed by atoms with E-state index in [1.165, 1.54) is 11.8 Å². The molecule has 0 unspecified atom stereocenters. The minimum atomic E-state index is -0.0835. The Morgan fingerprint density at radius 1 is 1.19 bits per heavy atom. The quantitative estimate of drug-likeness (QED) is 0.386. The highest BCUT2D eigenvalue weighted by Gasteiger charge is 2.31. The van der Waals surface area contributed by atoms with Crippen molar-refractivity contribution in [3.05, 3.63) is 77.2 Å². The number of hydrogen-bond acceptors (Lipinski definition) is 5. The van der Waals surface area contributed by atoms with Gasteiger partial charge in [0.05, 0.1) is 18.6 Å². The Morgan fingerprint density at radius 2 is 1.96 bits per heavy atom. The molecule has 4 nitrogen and oxygen atoms in total. The molecule has 0 aromatic heterocycles. The lowest BCUT2D eigenvalue weighted by molar-refractivity contribution is -0.122. The average Bonchev–Trinajstić information content (AvgIpc) is 2.95. The molecule has 0 aliphatic carbocycles. The summed E-state index contributed by atoms with van der Waals surface area (Å²) < 4.78 is 11.5. The van der Waals surface area contributed by atoms with Crippen LogP contribution in [0.15, 0.2) is 66.1 Å². The maximum absolute atomic E-state index is 12.8. The number of rotatable bonds is 7. The van der Waals surface area contributed by atoms with Crippen LogP contribution in [0.3, 0.4) is 0 Å². The van der Waals surface area contributed by atoms with Crippen molar-refractivity contribution in [1.29, 1.82) is 0 Å². The second-order valence-corrected chi connectivity index (χ2v) is 7.44. The molecule has 0 radical (unpaired) electrons. The van der Waals surface area contributed by atoms with E-state index < -0.39 is 0 Å². The Hall–Kier alpha value is -2.57. The van der Waals surface area contributed by atoms with Crippen LogP contribution in [0.25, 0.3) is 6.08 Å². The number of methoxy groups -OCH3 is 1. The number of hydrogen-bond donors (Lipinski definition) is 0. The molecule has 0 bridgehead atoms. The molecular formula is C21H19NO3S2. The fourth-order valence-corrected chi connectivity index (χ4v) is 3.85. The molecule has 1 aliphatic heterocycles. The van der Waals surface area contributed by atoms with Gasteiger partial charge in [-0.1, -0.05) is 73.0 Å². The molecule has 1 saturated heterocycles. The maximum Gasteiger partial charge on any atom is 0.266 e. The summed E-state index contributed by atoms with van der Waals surface area (Å²) in [6.45, 7) is 4.51. The van der Waals surface area contributed by atoms with Crippen molar-refractivity contribution >= 4 is 40.3 Å². The average molecular weight is 398 g/mol. The van der Waals surface area contributed by atoms with Crippen LogP contribution in [0.4, 0.5) is 0 Å². The van der Waals surface area contributed by atoms with Gasteiger partial charge in [-0.2, -0.15) is 0 Å². The van der Waals surface area contributed by atoms with Crippen LogP contribution >= 0.6 is 24.0 Å². The van der Waals surface area contributed by atoms with E-state index in [-0.39, 0.29) is 5.91 Å². The summed E-state index contributed by atoms with van der Waals surface area (Å²) in [4.78, 5) is 15.0. The van der Waals surface area contributed by atoms with E-state index in [2.05, 4.69) is 6.58 Å². The van der Waals surface area contributed by atoms with Crippen molar-refractivity contribution in [2.75, 3.05) is 13.7 Å². The zero-order chi connectivity index (χ0) is 19.2. The molecule has 6 heteroatoms. The van der Waals surface area contributed by atoms with Gasteiger partial charge in [-0.3, -0.25) is 9.69 Å². The fourth-order valence-electron chi connectivity index (χ4n) is 2.60. The van der Waals surface area contributed by atoms with E-state index in [4.69, 9.17) is 21.7 Å². The Bertz CT molecular complexity index is 894. The molecular weight excluding hydrogens is 378 g/mol. The summed E-state index contributed by atoms with van der Waals surface area (Å²) >= 11 is 6.71. The van der Waals surface area contributed by atoms with Crippen LogP contribution in [0.2, 0.25) is 0 Å². The van der Waals surface area contributed by atoms with Crippen LogP contribution in [-0.2, 0) is 11.3 Å². The highest BCUT2D eigenvalue weighted by Crippen LogP contribution is 2.35. The van der Waals surface area contributed by atoms with Gasteiger partial charge in [-0.05, 0) is 29.3 Å². The third-order valence-electron chi connectivity index (χ3n) is 3.90. The number of benzene rings is 2. The molecule has 27 heavy (non-hydrogen) atoms. The SMILES string of the molecule is C=CCOc1ccc(C=C2SC(=S)N(Cc3ccccc3)C2=O)cc1OC. The van der Waals surface area contributed by atoms with Crippen LogP contribution in [0.5, 0.6) is 11.5 Å². The molecule has 138 valence electrons. The van der Waals surface area contributed by atoms with Crippen molar-refractivity contribution in [3.8, 4) is 11.5 Å². The molecule has 1 amide bonds. The van der Waals surface area contributed by atoms with E-state index in [9.17, 15) is 4.79 Å². The first kappa shape index (κ1) is 19.2. The number of carbonyl (C=O) groups is 1. The Morgan fingerprint density at radius 3 is 2.67 bits per heavy atom. The second kappa shape index (κ2) is 8.88. The third kappa shape index (κ3) is 4.59. The minimum absolute atomic E-state index is 0.0835. The third-order valence-corrected chi connectivity index (χ3v) is 5.28. The van der Waals surface area contributed by atoms with Crippen molar-refractivity contribution in [2.24, 2.45) is 0 Å². The zero-order valence-electron chi connectivity index (χ0n) is 14.9. The monoisotopic (exact) mass is 397 g/mol. The van der Waals surface area contributed by atoms with Crippen LogP contribution in [0.1, 0.15) is 11.1 Å². The zero-order valence-corrected chi connectivity index (χ0v) is 16.5. The summed E-state index contributed by atoms with van der Waals surface area (Å²) in [6, 6.07) is 15.3. The molecule has 3 rings (SSSR count). The lowest BCUT2D eigenvalue weighted by Crippen LogP contribution is -2.27. The van der Waals surface area contributed by atoms with Crippen LogP contribution in [-0.4, -0.2) is 28.8 Å². The standard InChI is InChI=1S/C21H19NO3S2/c1-3-11-25-17-10-9-16(12-18(17)24-2)13-19-20(23)22(21(26)27-19)14-15-7-5-4-6-8-15/h3-10,12-13H,1,11,14H2,2H3. The van der Waals surface area contributed by atoms with Gasteiger partial charge in [-0.25, -0.2) is 0 Å². The fraction of sp³-hybridized carbons (Fsp3) is 0.143. The van der Waals surface area contributed by atoms with E-state index in [1.807, 2.05) is 54.6 Å². The van der Waals surface area contributed by atoms with Gasteiger partial charge >= 0.3 is 0 Å². The number of thioether (sulfide) groups is 1. The number of ether oxygens (including phenoxy) is 2. The molecule has 0 saturated carbocycles. The first-order valence-electron chi connectivity index (χ1n) is 8.33. The summed E-state index contributed by atoms with van der Waals surface area (Å²) in [5.41, 5.74) is 1.89. The lowest BCUT2D eigenvalue weighted by Gasteiger charge is -2.14. The highest BCUT2D eigenvalue weighted by molar-refractivity contribution is 8.26. The van der Waals surface area contributed by atoms with Gasteiger partial charge in [0, 0.05) is 0 Å². The first-order valence-corrected chi connectivity index (χ1v) is 9.56. The number of amides is 1. The van der Waals surface area contributed by atoms with E-state index in [0.29, 0.717) is 33.9 Å². The van der Waals surface area contributed by atoms with E-state index in [0.717, 1.165) is 11.1 Å². The Labute approximate surface area is 168 Å². The molecule has 0 N–H and O–H groups in total. The Kier molecular flexibility index (Phi) is 6.32. The minimum Gasteiger partial charge on any atom is -0.493 e. The van der Waals surface area contributed by atoms with Gasteiger partial charge in [0.2, 0.25) is 0 Å². The topological polar surface area (TPSA) is 38.8 Å². The maximum atomic E-state index is 12.8. The van der Waals surface area contributed by atoms with Gasteiger partial charge in [-0.15, -0.1) is 0 Å². The molecule has 1 heterocycles.